The lowest BCUT2D eigenvalue weighted by Crippen LogP contribution is -2.50. The Morgan fingerprint density at radius 1 is 1.65 bits per heavy atom. The van der Waals surface area contributed by atoms with E-state index in [0.29, 0.717) is 5.89 Å². The lowest BCUT2D eigenvalue weighted by atomic mass is 9.87. The predicted octanol–water partition coefficient (Wildman–Crippen LogP) is 2.56. The van der Waals surface area contributed by atoms with Gasteiger partial charge in [-0.3, -0.25) is 9.69 Å². The van der Waals surface area contributed by atoms with Crippen LogP contribution in [-0.2, 0) is 11.3 Å². The van der Waals surface area contributed by atoms with Gasteiger partial charge in [0, 0.05) is 19.6 Å². The van der Waals surface area contributed by atoms with Crippen molar-refractivity contribution in [3.63, 3.8) is 0 Å². The number of carboxylic acid groups (broad SMARTS) is 1. The first-order valence-electron chi connectivity index (χ1n) is 6.57. The van der Waals surface area contributed by atoms with E-state index in [2.05, 4.69) is 9.88 Å². The molecule has 0 spiro atoms. The standard InChI is InChI=1S/C14H16N2O3S/c1-9(14(17)18)10-5-16(6-10)7-11-8-19-13(15-11)12-3-2-4-20-12/h2-4,8-10H,5-7H2,1H3,(H,17,18). The van der Waals surface area contributed by atoms with Gasteiger partial charge in [-0.05, 0) is 17.4 Å². The van der Waals surface area contributed by atoms with Crippen molar-refractivity contribution in [3.05, 3.63) is 29.5 Å². The molecular formula is C14H16N2O3S. The van der Waals surface area contributed by atoms with E-state index in [9.17, 15) is 4.79 Å². The molecular weight excluding hydrogens is 276 g/mol. The molecule has 1 atom stereocenters. The van der Waals surface area contributed by atoms with Gasteiger partial charge < -0.3 is 9.52 Å². The van der Waals surface area contributed by atoms with Crippen molar-refractivity contribution < 1.29 is 14.3 Å². The topological polar surface area (TPSA) is 66.6 Å². The summed E-state index contributed by atoms with van der Waals surface area (Å²) in [5.74, 6) is -0.0801. The third-order valence-corrected chi connectivity index (χ3v) is 4.61. The van der Waals surface area contributed by atoms with E-state index >= 15 is 0 Å². The van der Waals surface area contributed by atoms with Crippen LogP contribution in [0.4, 0.5) is 0 Å². The Balaban J connectivity index is 1.55. The van der Waals surface area contributed by atoms with Gasteiger partial charge in [0.05, 0.1) is 16.5 Å². The zero-order valence-corrected chi connectivity index (χ0v) is 12.0. The van der Waals surface area contributed by atoms with Crippen LogP contribution in [0.25, 0.3) is 10.8 Å². The summed E-state index contributed by atoms with van der Waals surface area (Å²) in [6, 6.07) is 3.95. The van der Waals surface area contributed by atoms with Gasteiger partial charge in [-0.15, -0.1) is 11.3 Å². The third-order valence-electron chi connectivity index (χ3n) is 3.75. The highest BCUT2D eigenvalue weighted by molar-refractivity contribution is 7.13. The number of likely N-dealkylation sites (tertiary alicyclic amines) is 1. The Morgan fingerprint density at radius 2 is 2.45 bits per heavy atom. The summed E-state index contributed by atoms with van der Waals surface area (Å²) in [5.41, 5.74) is 0.898. The molecule has 1 fully saturated rings. The molecule has 1 unspecified atom stereocenters. The van der Waals surface area contributed by atoms with Gasteiger partial charge in [0.15, 0.2) is 0 Å². The lowest BCUT2D eigenvalue weighted by Gasteiger charge is -2.40. The van der Waals surface area contributed by atoms with Gasteiger partial charge in [0.2, 0.25) is 5.89 Å². The van der Waals surface area contributed by atoms with Crippen LogP contribution < -0.4 is 0 Å². The Bertz CT molecular complexity index is 587. The minimum atomic E-state index is -0.712. The second kappa shape index (κ2) is 5.38. The van der Waals surface area contributed by atoms with Crippen LogP contribution in [0.2, 0.25) is 0 Å². The number of aliphatic carboxylic acids is 1. The van der Waals surface area contributed by atoms with Crippen LogP contribution >= 0.6 is 11.3 Å². The zero-order valence-electron chi connectivity index (χ0n) is 11.2. The molecule has 2 aromatic heterocycles. The fraction of sp³-hybridized carbons (Fsp3) is 0.429. The van der Waals surface area contributed by atoms with Crippen LogP contribution in [0.5, 0.6) is 0 Å². The molecule has 0 aromatic carbocycles. The van der Waals surface area contributed by atoms with E-state index in [0.717, 1.165) is 30.2 Å². The van der Waals surface area contributed by atoms with Crippen molar-refractivity contribution in [2.24, 2.45) is 11.8 Å². The molecule has 3 rings (SSSR count). The van der Waals surface area contributed by atoms with Crippen LogP contribution in [0.15, 0.2) is 28.2 Å². The van der Waals surface area contributed by atoms with Gasteiger partial charge in [0.25, 0.3) is 0 Å². The second-order valence-electron chi connectivity index (χ2n) is 5.20. The third kappa shape index (κ3) is 2.62. The monoisotopic (exact) mass is 292 g/mol. The molecule has 1 aliphatic rings. The molecule has 0 aliphatic carbocycles. The van der Waals surface area contributed by atoms with Crippen molar-refractivity contribution in [1.29, 1.82) is 0 Å². The number of thiophene rings is 1. The van der Waals surface area contributed by atoms with Crippen molar-refractivity contribution in [1.82, 2.24) is 9.88 Å². The summed E-state index contributed by atoms with van der Waals surface area (Å²) in [6.07, 6.45) is 1.68. The summed E-state index contributed by atoms with van der Waals surface area (Å²) < 4.78 is 5.47. The maximum atomic E-state index is 10.9. The van der Waals surface area contributed by atoms with Crippen molar-refractivity contribution in [3.8, 4) is 10.8 Å². The van der Waals surface area contributed by atoms with Gasteiger partial charge in [-0.1, -0.05) is 13.0 Å². The number of carbonyl (C=O) groups is 1. The second-order valence-corrected chi connectivity index (χ2v) is 6.15. The first-order chi connectivity index (χ1) is 9.63. The molecule has 0 saturated carbocycles. The number of nitrogens with zero attached hydrogens (tertiary/aromatic N) is 2. The maximum absolute atomic E-state index is 10.9. The molecule has 1 N–H and O–H groups in total. The molecule has 1 aliphatic heterocycles. The van der Waals surface area contributed by atoms with Crippen molar-refractivity contribution in [2.45, 2.75) is 13.5 Å². The zero-order chi connectivity index (χ0) is 14.1. The highest BCUT2D eigenvalue weighted by Crippen LogP contribution is 2.27. The molecule has 20 heavy (non-hydrogen) atoms. The van der Waals surface area contributed by atoms with Crippen molar-refractivity contribution in [2.75, 3.05) is 13.1 Å². The van der Waals surface area contributed by atoms with Gasteiger partial charge >= 0.3 is 5.97 Å². The highest BCUT2D eigenvalue weighted by Gasteiger charge is 2.34. The van der Waals surface area contributed by atoms with E-state index in [1.54, 1.807) is 24.5 Å². The molecule has 6 heteroatoms. The number of aromatic nitrogens is 1. The van der Waals surface area contributed by atoms with Gasteiger partial charge in [0.1, 0.15) is 6.26 Å². The van der Waals surface area contributed by atoms with Crippen LogP contribution in [0, 0.1) is 11.8 Å². The van der Waals surface area contributed by atoms with Crippen LogP contribution in [-0.4, -0.2) is 34.0 Å². The summed E-state index contributed by atoms with van der Waals surface area (Å²) in [4.78, 5) is 18.6. The number of hydrogen-bond donors (Lipinski definition) is 1. The first kappa shape index (κ1) is 13.3. The highest BCUT2D eigenvalue weighted by atomic mass is 32.1. The first-order valence-corrected chi connectivity index (χ1v) is 7.45. The minimum Gasteiger partial charge on any atom is -0.481 e. The molecule has 0 bridgehead atoms. The normalized spacial score (nSPS) is 17.9. The van der Waals surface area contributed by atoms with Gasteiger partial charge in [-0.2, -0.15) is 0 Å². The average molecular weight is 292 g/mol. The molecule has 5 nitrogen and oxygen atoms in total. The fourth-order valence-corrected chi connectivity index (χ4v) is 3.03. The average Bonchev–Trinajstić information content (AvgIpc) is 3.02. The Labute approximate surface area is 120 Å². The lowest BCUT2D eigenvalue weighted by molar-refractivity contribution is -0.145. The van der Waals surface area contributed by atoms with Crippen LogP contribution in [0.1, 0.15) is 12.6 Å². The predicted molar refractivity (Wildman–Crippen MR) is 75.4 cm³/mol. The largest absolute Gasteiger partial charge is 0.481 e. The minimum absolute atomic E-state index is 0.246. The Kier molecular flexibility index (Phi) is 3.58. The van der Waals surface area contributed by atoms with E-state index in [4.69, 9.17) is 9.52 Å². The molecule has 0 radical (unpaired) electrons. The number of hydrogen-bond acceptors (Lipinski definition) is 5. The SMILES string of the molecule is CC(C(=O)O)C1CN(Cc2coc(-c3cccs3)n2)C1. The van der Waals surface area contributed by atoms with Crippen LogP contribution in [0.3, 0.4) is 0 Å². The molecule has 0 amide bonds. The van der Waals surface area contributed by atoms with E-state index in [-0.39, 0.29) is 11.8 Å². The summed E-state index contributed by atoms with van der Waals surface area (Å²) >= 11 is 1.60. The van der Waals surface area contributed by atoms with Gasteiger partial charge in [-0.25, -0.2) is 4.98 Å². The van der Waals surface area contributed by atoms with E-state index in [1.807, 2.05) is 17.5 Å². The Hall–Kier alpha value is -1.66. The summed E-state index contributed by atoms with van der Waals surface area (Å²) in [5, 5.41) is 11.0. The smallest absolute Gasteiger partial charge is 0.306 e. The molecule has 2 aromatic rings. The van der Waals surface area contributed by atoms with E-state index in [1.165, 1.54) is 0 Å². The summed E-state index contributed by atoms with van der Waals surface area (Å²) in [7, 11) is 0. The Morgan fingerprint density at radius 3 is 3.10 bits per heavy atom. The molecule has 3 heterocycles. The molecule has 106 valence electrons. The van der Waals surface area contributed by atoms with Crippen molar-refractivity contribution >= 4 is 17.3 Å². The quantitative estimate of drug-likeness (QED) is 0.917. The number of oxazole rings is 1. The summed E-state index contributed by atoms with van der Waals surface area (Å²) in [6.45, 7) is 4.12. The number of carboxylic acids is 1. The maximum Gasteiger partial charge on any atom is 0.306 e. The van der Waals surface area contributed by atoms with E-state index < -0.39 is 5.97 Å². The molecule has 1 saturated heterocycles. The number of rotatable bonds is 5. The fourth-order valence-electron chi connectivity index (χ4n) is 2.38.